The molecule has 4 heteroatoms. The second-order valence-corrected chi connectivity index (χ2v) is 6.09. The van der Waals surface area contributed by atoms with E-state index in [-0.39, 0.29) is 0 Å². The lowest BCUT2D eigenvalue weighted by Gasteiger charge is -2.42. The summed E-state index contributed by atoms with van der Waals surface area (Å²) in [6.45, 7) is 6.65. The molecule has 2 heterocycles. The normalized spacial score (nSPS) is 31.7. The molecule has 106 valence electrons. The van der Waals surface area contributed by atoms with Gasteiger partial charge in [-0.3, -0.25) is 0 Å². The van der Waals surface area contributed by atoms with Crippen molar-refractivity contribution in [1.82, 2.24) is 10.2 Å². The van der Waals surface area contributed by atoms with E-state index < -0.39 is 0 Å². The van der Waals surface area contributed by atoms with Crippen LogP contribution in [0.1, 0.15) is 25.7 Å². The fourth-order valence-electron chi connectivity index (χ4n) is 3.41. The van der Waals surface area contributed by atoms with Crippen LogP contribution in [0.5, 0.6) is 0 Å². The average molecular weight is 256 g/mol. The van der Waals surface area contributed by atoms with Crippen molar-refractivity contribution in [3.05, 3.63) is 0 Å². The number of nitrogens with zero attached hydrogens (tertiary/aromatic N) is 1. The molecule has 2 aliphatic heterocycles. The molecule has 4 nitrogen and oxygen atoms in total. The Morgan fingerprint density at radius 2 is 2.17 bits per heavy atom. The molecule has 2 N–H and O–H groups in total. The van der Waals surface area contributed by atoms with Crippen molar-refractivity contribution < 1.29 is 9.84 Å². The van der Waals surface area contributed by atoms with Gasteiger partial charge in [0.05, 0.1) is 6.61 Å². The number of hydrogen-bond acceptors (Lipinski definition) is 4. The molecule has 0 bridgehead atoms. The van der Waals surface area contributed by atoms with E-state index in [1.54, 1.807) is 0 Å². The van der Waals surface area contributed by atoms with E-state index in [9.17, 15) is 5.11 Å². The largest absolute Gasteiger partial charge is 0.396 e. The van der Waals surface area contributed by atoms with Crippen molar-refractivity contribution >= 4 is 0 Å². The Kier molecular flexibility index (Phi) is 5.42. The van der Waals surface area contributed by atoms with Crippen molar-refractivity contribution in [2.75, 3.05) is 53.0 Å². The van der Waals surface area contributed by atoms with Gasteiger partial charge in [-0.1, -0.05) is 0 Å². The van der Waals surface area contributed by atoms with Crippen LogP contribution in [0, 0.1) is 11.3 Å². The summed E-state index contributed by atoms with van der Waals surface area (Å²) in [6.07, 6.45) is 4.75. The Labute approximate surface area is 111 Å². The molecule has 0 radical (unpaired) electrons. The van der Waals surface area contributed by atoms with Gasteiger partial charge < -0.3 is 20.1 Å². The van der Waals surface area contributed by atoms with Crippen molar-refractivity contribution in [2.45, 2.75) is 25.7 Å². The summed E-state index contributed by atoms with van der Waals surface area (Å²) in [5.74, 6) is 0.532. The first-order valence-corrected chi connectivity index (χ1v) is 7.33. The molecule has 0 aliphatic carbocycles. The van der Waals surface area contributed by atoms with E-state index in [4.69, 9.17) is 4.74 Å². The highest BCUT2D eigenvalue weighted by molar-refractivity contribution is 4.88. The van der Waals surface area contributed by atoms with Crippen LogP contribution in [-0.2, 0) is 4.74 Å². The van der Waals surface area contributed by atoms with Crippen molar-refractivity contribution in [3.8, 4) is 0 Å². The van der Waals surface area contributed by atoms with Gasteiger partial charge in [0.1, 0.15) is 0 Å². The molecule has 1 unspecified atom stereocenters. The van der Waals surface area contributed by atoms with Crippen LogP contribution in [0.4, 0.5) is 0 Å². The van der Waals surface area contributed by atoms with Crippen LogP contribution in [0.25, 0.3) is 0 Å². The summed E-state index contributed by atoms with van der Waals surface area (Å²) in [4.78, 5) is 2.57. The third-order valence-electron chi connectivity index (χ3n) is 4.48. The molecule has 1 atom stereocenters. The van der Waals surface area contributed by atoms with Gasteiger partial charge in [-0.15, -0.1) is 0 Å². The van der Waals surface area contributed by atoms with Gasteiger partial charge in [0.2, 0.25) is 0 Å². The summed E-state index contributed by atoms with van der Waals surface area (Å²) in [6, 6.07) is 0. The second kappa shape index (κ2) is 6.85. The average Bonchev–Trinajstić information content (AvgIpc) is 2.41. The maximum atomic E-state index is 9.19. The lowest BCUT2D eigenvalue weighted by atomic mass is 9.81. The number of nitrogens with one attached hydrogen (secondary N) is 1. The standard InChI is InChI=1S/C14H28N2O2/c1-15-10-14(5-2-8-18-12-14)11-16-6-3-13(9-17)4-7-16/h13,15,17H,2-12H2,1H3. The summed E-state index contributed by atoms with van der Waals surface area (Å²) >= 11 is 0. The fraction of sp³-hybridized carbons (Fsp3) is 1.00. The van der Waals surface area contributed by atoms with Crippen LogP contribution >= 0.6 is 0 Å². The molecule has 0 saturated carbocycles. The predicted molar refractivity (Wildman–Crippen MR) is 72.7 cm³/mol. The van der Waals surface area contributed by atoms with E-state index in [0.717, 1.165) is 52.2 Å². The zero-order chi connectivity index (χ0) is 12.8. The zero-order valence-electron chi connectivity index (χ0n) is 11.7. The molecule has 2 rings (SSSR count). The Balaban J connectivity index is 1.85. The van der Waals surface area contributed by atoms with E-state index in [1.807, 2.05) is 7.05 Å². The van der Waals surface area contributed by atoms with Gasteiger partial charge in [-0.2, -0.15) is 0 Å². The Morgan fingerprint density at radius 3 is 2.72 bits per heavy atom. The Bertz CT molecular complexity index is 228. The van der Waals surface area contributed by atoms with Crippen LogP contribution in [0.2, 0.25) is 0 Å². The Hall–Kier alpha value is -0.160. The number of rotatable bonds is 5. The second-order valence-electron chi connectivity index (χ2n) is 6.09. The molecule has 2 fully saturated rings. The summed E-state index contributed by atoms with van der Waals surface area (Å²) in [5.41, 5.74) is 0.305. The first-order chi connectivity index (χ1) is 8.78. The molecule has 0 aromatic carbocycles. The van der Waals surface area contributed by atoms with E-state index >= 15 is 0 Å². The molecular weight excluding hydrogens is 228 g/mol. The van der Waals surface area contributed by atoms with Gasteiger partial charge in [-0.05, 0) is 51.7 Å². The van der Waals surface area contributed by atoms with Gasteiger partial charge in [0.25, 0.3) is 0 Å². The zero-order valence-corrected chi connectivity index (χ0v) is 11.7. The van der Waals surface area contributed by atoms with Gasteiger partial charge >= 0.3 is 0 Å². The number of aliphatic hydroxyl groups excluding tert-OH is 1. The number of piperidine rings is 1. The number of likely N-dealkylation sites (tertiary alicyclic amines) is 1. The van der Waals surface area contributed by atoms with E-state index in [2.05, 4.69) is 10.2 Å². The lowest BCUT2D eigenvalue weighted by Crippen LogP contribution is -2.50. The van der Waals surface area contributed by atoms with Crippen LogP contribution in [0.15, 0.2) is 0 Å². The first-order valence-electron chi connectivity index (χ1n) is 7.33. The summed E-state index contributed by atoms with van der Waals surface area (Å²) in [7, 11) is 2.04. The topological polar surface area (TPSA) is 44.7 Å². The van der Waals surface area contributed by atoms with Crippen LogP contribution < -0.4 is 5.32 Å². The lowest BCUT2D eigenvalue weighted by molar-refractivity contribution is -0.0311. The number of hydrogen-bond donors (Lipinski definition) is 2. The number of ether oxygens (including phenoxy) is 1. The van der Waals surface area contributed by atoms with Crippen molar-refractivity contribution in [2.24, 2.45) is 11.3 Å². The molecule has 18 heavy (non-hydrogen) atoms. The van der Waals surface area contributed by atoms with Gasteiger partial charge in [0.15, 0.2) is 0 Å². The fourth-order valence-corrected chi connectivity index (χ4v) is 3.41. The third kappa shape index (κ3) is 3.67. The first kappa shape index (κ1) is 14.3. The third-order valence-corrected chi connectivity index (χ3v) is 4.48. The molecule has 0 aromatic rings. The molecule has 0 spiro atoms. The van der Waals surface area contributed by atoms with Crippen LogP contribution in [-0.4, -0.2) is 63.1 Å². The van der Waals surface area contributed by atoms with E-state index in [1.165, 1.54) is 12.8 Å². The van der Waals surface area contributed by atoms with Crippen LogP contribution in [0.3, 0.4) is 0 Å². The highest BCUT2D eigenvalue weighted by Crippen LogP contribution is 2.30. The van der Waals surface area contributed by atoms with Crippen molar-refractivity contribution in [3.63, 3.8) is 0 Å². The highest BCUT2D eigenvalue weighted by Gasteiger charge is 2.35. The molecule has 0 aromatic heterocycles. The molecule has 2 aliphatic rings. The maximum Gasteiger partial charge on any atom is 0.0546 e. The SMILES string of the molecule is CNCC1(CN2CCC(CO)CC2)CCCOC1. The molecule has 2 saturated heterocycles. The monoisotopic (exact) mass is 256 g/mol. The Morgan fingerprint density at radius 1 is 1.39 bits per heavy atom. The smallest absolute Gasteiger partial charge is 0.0546 e. The minimum atomic E-state index is 0.305. The highest BCUT2D eigenvalue weighted by atomic mass is 16.5. The summed E-state index contributed by atoms with van der Waals surface area (Å²) in [5, 5.41) is 12.5. The van der Waals surface area contributed by atoms with Gasteiger partial charge in [-0.25, -0.2) is 0 Å². The minimum absolute atomic E-state index is 0.305. The van der Waals surface area contributed by atoms with Gasteiger partial charge in [0, 0.05) is 31.7 Å². The van der Waals surface area contributed by atoms with E-state index in [0.29, 0.717) is 17.9 Å². The van der Waals surface area contributed by atoms with Crippen molar-refractivity contribution in [1.29, 1.82) is 0 Å². The molecule has 0 amide bonds. The maximum absolute atomic E-state index is 9.19. The predicted octanol–water partition coefficient (Wildman–Crippen LogP) is 0.707. The summed E-state index contributed by atoms with van der Waals surface area (Å²) < 4.78 is 5.72. The minimum Gasteiger partial charge on any atom is -0.396 e. The number of aliphatic hydroxyl groups is 1. The molecular formula is C14H28N2O2. The quantitative estimate of drug-likeness (QED) is 0.760.